The number of aryl methyl sites for hydroxylation is 1. The SMILES string of the molecule is Cc1cccc(C(=O)N2CCCC(n3ccnn3)C2)n1. The van der Waals surface area contributed by atoms with E-state index in [-0.39, 0.29) is 11.9 Å². The molecule has 6 heteroatoms. The van der Waals surface area contributed by atoms with Crippen molar-refractivity contribution >= 4 is 5.91 Å². The summed E-state index contributed by atoms with van der Waals surface area (Å²) in [5.74, 6) is -0.00137. The van der Waals surface area contributed by atoms with Crippen LogP contribution in [-0.4, -0.2) is 43.9 Å². The van der Waals surface area contributed by atoms with E-state index < -0.39 is 0 Å². The van der Waals surface area contributed by atoms with Crippen LogP contribution in [0.1, 0.15) is 35.1 Å². The van der Waals surface area contributed by atoms with Crippen LogP contribution >= 0.6 is 0 Å². The van der Waals surface area contributed by atoms with Crippen LogP contribution in [0.2, 0.25) is 0 Å². The van der Waals surface area contributed by atoms with Crippen LogP contribution in [0.4, 0.5) is 0 Å². The smallest absolute Gasteiger partial charge is 0.272 e. The van der Waals surface area contributed by atoms with Crippen molar-refractivity contribution in [3.63, 3.8) is 0 Å². The maximum Gasteiger partial charge on any atom is 0.272 e. The molecule has 0 radical (unpaired) electrons. The normalized spacial score (nSPS) is 19.1. The van der Waals surface area contributed by atoms with Crippen molar-refractivity contribution in [1.29, 1.82) is 0 Å². The molecule has 1 fully saturated rings. The molecule has 0 aromatic carbocycles. The number of hydrogen-bond acceptors (Lipinski definition) is 4. The van der Waals surface area contributed by atoms with E-state index in [0.29, 0.717) is 12.2 Å². The van der Waals surface area contributed by atoms with E-state index in [2.05, 4.69) is 15.3 Å². The van der Waals surface area contributed by atoms with Gasteiger partial charge in [-0.05, 0) is 31.9 Å². The van der Waals surface area contributed by atoms with E-state index in [9.17, 15) is 4.79 Å². The Hall–Kier alpha value is -2.24. The molecule has 1 atom stereocenters. The van der Waals surface area contributed by atoms with Crippen molar-refractivity contribution in [2.75, 3.05) is 13.1 Å². The summed E-state index contributed by atoms with van der Waals surface area (Å²) >= 11 is 0. The van der Waals surface area contributed by atoms with Crippen LogP contribution in [-0.2, 0) is 0 Å². The van der Waals surface area contributed by atoms with Crippen molar-refractivity contribution in [2.24, 2.45) is 0 Å². The number of nitrogens with zero attached hydrogens (tertiary/aromatic N) is 5. The zero-order valence-corrected chi connectivity index (χ0v) is 11.4. The van der Waals surface area contributed by atoms with Crippen LogP contribution in [0.5, 0.6) is 0 Å². The van der Waals surface area contributed by atoms with Gasteiger partial charge in [-0.3, -0.25) is 4.79 Å². The molecule has 0 aliphatic carbocycles. The molecule has 3 heterocycles. The van der Waals surface area contributed by atoms with Gasteiger partial charge in [-0.2, -0.15) is 0 Å². The number of likely N-dealkylation sites (tertiary alicyclic amines) is 1. The van der Waals surface area contributed by atoms with Crippen LogP contribution in [0.3, 0.4) is 0 Å². The monoisotopic (exact) mass is 271 g/mol. The van der Waals surface area contributed by atoms with Crippen LogP contribution in [0.15, 0.2) is 30.6 Å². The van der Waals surface area contributed by atoms with Crippen molar-refractivity contribution in [3.8, 4) is 0 Å². The lowest BCUT2D eigenvalue weighted by Crippen LogP contribution is -2.41. The Morgan fingerprint density at radius 1 is 1.40 bits per heavy atom. The van der Waals surface area contributed by atoms with Gasteiger partial charge in [-0.15, -0.1) is 5.10 Å². The number of carbonyl (C=O) groups excluding carboxylic acids is 1. The molecular weight excluding hydrogens is 254 g/mol. The molecule has 104 valence electrons. The number of carbonyl (C=O) groups is 1. The van der Waals surface area contributed by atoms with Crippen molar-refractivity contribution < 1.29 is 4.79 Å². The summed E-state index contributed by atoms with van der Waals surface area (Å²) in [7, 11) is 0. The van der Waals surface area contributed by atoms with Crippen molar-refractivity contribution in [1.82, 2.24) is 24.9 Å². The fourth-order valence-electron chi connectivity index (χ4n) is 2.59. The Bertz CT molecular complexity index is 595. The number of aromatic nitrogens is 4. The molecule has 0 saturated carbocycles. The first-order chi connectivity index (χ1) is 9.74. The number of hydrogen-bond donors (Lipinski definition) is 0. The van der Waals surface area contributed by atoms with E-state index in [0.717, 1.165) is 25.1 Å². The molecule has 6 nitrogen and oxygen atoms in total. The second-order valence-corrected chi connectivity index (χ2v) is 5.09. The molecule has 1 unspecified atom stereocenters. The fourth-order valence-corrected chi connectivity index (χ4v) is 2.59. The number of amides is 1. The minimum Gasteiger partial charge on any atom is -0.335 e. The Morgan fingerprint density at radius 3 is 3.05 bits per heavy atom. The first-order valence-corrected chi connectivity index (χ1v) is 6.83. The average Bonchev–Trinajstić information content (AvgIpc) is 3.01. The van der Waals surface area contributed by atoms with Gasteiger partial charge < -0.3 is 4.90 Å². The summed E-state index contributed by atoms with van der Waals surface area (Å²) in [5.41, 5.74) is 1.38. The van der Waals surface area contributed by atoms with Gasteiger partial charge in [-0.1, -0.05) is 11.3 Å². The third-order valence-corrected chi connectivity index (χ3v) is 3.61. The quantitative estimate of drug-likeness (QED) is 0.829. The molecule has 3 rings (SSSR count). The lowest BCUT2D eigenvalue weighted by Gasteiger charge is -2.32. The molecule has 2 aromatic rings. The second-order valence-electron chi connectivity index (χ2n) is 5.09. The average molecular weight is 271 g/mol. The largest absolute Gasteiger partial charge is 0.335 e. The van der Waals surface area contributed by atoms with Gasteiger partial charge in [-0.25, -0.2) is 9.67 Å². The summed E-state index contributed by atoms with van der Waals surface area (Å²) in [5, 5.41) is 7.87. The first kappa shape index (κ1) is 12.8. The van der Waals surface area contributed by atoms with Gasteiger partial charge in [0.2, 0.25) is 0 Å². The molecule has 0 bridgehead atoms. The molecule has 0 N–H and O–H groups in total. The molecule has 20 heavy (non-hydrogen) atoms. The molecule has 0 spiro atoms. The predicted octanol–water partition coefficient (Wildman–Crippen LogP) is 1.46. The molecule has 1 amide bonds. The van der Waals surface area contributed by atoms with Gasteiger partial charge in [0, 0.05) is 25.0 Å². The summed E-state index contributed by atoms with van der Waals surface area (Å²) in [6, 6.07) is 5.74. The van der Waals surface area contributed by atoms with Crippen LogP contribution in [0.25, 0.3) is 0 Å². The van der Waals surface area contributed by atoms with Gasteiger partial charge >= 0.3 is 0 Å². The maximum absolute atomic E-state index is 12.5. The number of pyridine rings is 1. The van der Waals surface area contributed by atoms with Gasteiger partial charge in [0.15, 0.2) is 0 Å². The van der Waals surface area contributed by atoms with Crippen LogP contribution in [0, 0.1) is 6.92 Å². The highest BCUT2D eigenvalue weighted by Crippen LogP contribution is 2.21. The predicted molar refractivity (Wildman–Crippen MR) is 73.2 cm³/mol. The van der Waals surface area contributed by atoms with Crippen molar-refractivity contribution in [2.45, 2.75) is 25.8 Å². The third-order valence-electron chi connectivity index (χ3n) is 3.61. The summed E-state index contributed by atoms with van der Waals surface area (Å²) < 4.78 is 1.84. The van der Waals surface area contributed by atoms with E-state index in [1.165, 1.54) is 0 Å². The molecule has 2 aromatic heterocycles. The Morgan fingerprint density at radius 2 is 2.30 bits per heavy atom. The summed E-state index contributed by atoms with van der Waals surface area (Å²) in [4.78, 5) is 18.7. The lowest BCUT2D eigenvalue weighted by molar-refractivity contribution is 0.0665. The molecule has 1 aliphatic heterocycles. The summed E-state index contributed by atoms with van der Waals surface area (Å²) in [6.45, 7) is 3.34. The van der Waals surface area contributed by atoms with Gasteiger partial charge in [0.05, 0.1) is 12.2 Å². The highest BCUT2D eigenvalue weighted by molar-refractivity contribution is 5.92. The van der Waals surface area contributed by atoms with Crippen molar-refractivity contribution in [3.05, 3.63) is 42.0 Å². The minimum atomic E-state index is -0.00137. The van der Waals surface area contributed by atoms with Crippen LogP contribution < -0.4 is 0 Å². The highest BCUT2D eigenvalue weighted by atomic mass is 16.2. The molecule has 1 aliphatic rings. The fraction of sp³-hybridized carbons (Fsp3) is 0.429. The van der Waals surface area contributed by atoms with Gasteiger partial charge in [0.25, 0.3) is 5.91 Å². The van der Waals surface area contributed by atoms with E-state index in [1.807, 2.05) is 34.8 Å². The van der Waals surface area contributed by atoms with E-state index in [4.69, 9.17) is 0 Å². The zero-order chi connectivity index (χ0) is 13.9. The molecular formula is C14H17N5O. The second kappa shape index (κ2) is 5.40. The van der Waals surface area contributed by atoms with Gasteiger partial charge in [0.1, 0.15) is 5.69 Å². The zero-order valence-electron chi connectivity index (χ0n) is 11.4. The summed E-state index contributed by atoms with van der Waals surface area (Å²) in [6.07, 6.45) is 5.52. The Kier molecular flexibility index (Phi) is 3.45. The third kappa shape index (κ3) is 2.54. The topological polar surface area (TPSA) is 63.9 Å². The number of piperidine rings is 1. The Balaban J connectivity index is 1.75. The van der Waals surface area contributed by atoms with E-state index >= 15 is 0 Å². The highest BCUT2D eigenvalue weighted by Gasteiger charge is 2.26. The number of rotatable bonds is 2. The minimum absolute atomic E-state index is 0.00137. The maximum atomic E-state index is 12.5. The Labute approximate surface area is 117 Å². The first-order valence-electron chi connectivity index (χ1n) is 6.83. The molecule has 1 saturated heterocycles. The lowest BCUT2D eigenvalue weighted by atomic mass is 10.1. The van der Waals surface area contributed by atoms with E-state index in [1.54, 1.807) is 12.3 Å². The standard InChI is InChI=1S/C14H17N5O/c1-11-4-2-6-13(16-11)14(20)18-8-3-5-12(10-18)19-9-7-15-17-19/h2,4,6-7,9,12H,3,5,8,10H2,1H3.